The largest absolute Gasteiger partial charge is 0.493 e. The van der Waals surface area contributed by atoms with Gasteiger partial charge in [0.25, 0.3) is 0 Å². The van der Waals surface area contributed by atoms with Crippen molar-refractivity contribution in [3.8, 4) is 5.75 Å². The van der Waals surface area contributed by atoms with Crippen LogP contribution in [-0.4, -0.2) is 30.8 Å². The fourth-order valence-corrected chi connectivity index (χ4v) is 2.14. The Labute approximate surface area is 101 Å². The second-order valence-corrected chi connectivity index (χ2v) is 4.11. The van der Waals surface area contributed by atoms with Crippen molar-refractivity contribution in [3.05, 3.63) is 23.8 Å². The average Bonchev–Trinajstić information content (AvgIpc) is 2.83. The highest BCUT2D eigenvalue weighted by atomic mass is 16.5. The van der Waals surface area contributed by atoms with E-state index in [1.165, 1.54) is 12.8 Å². The van der Waals surface area contributed by atoms with Crippen LogP contribution in [0, 0.1) is 0 Å². The predicted molar refractivity (Wildman–Crippen MR) is 66.0 cm³/mol. The van der Waals surface area contributed by atoms with Crippen molar-refractivity contribution in [2.24, 2.45) is 0 Å². The van der Waals surface area contributed by atoms with E-state index >= 15 is 0 Å². The Hall–Kier alpha value is -1.71. The molecule has 0 radical (unpaired) electrons. The van der Waals surface area contributed by atoms with Crippen LogP contribution < -0.4 is 9.64 Å². The smallest absolute Gasteiger partial charge is 0.339 e. The highest BCUT2D eigenvalue weighted by Crippen LogP contribution is 2.27. The van der Waals surface area contributed by atoms with Crippen LogP contribution in [0.25, 0.3) is 0 Å². The van der Waals surface area contributed by atoms with Crippen LogP contribution in [0.2, 0.25) is 0 Å². The Morgan fingerprint density at radius 3 is 2.71 bits per heavy atom. The van der Waals surface area contributed by atoms with E-state index in [9.17, 15) is 4.79 Å². The minimum absolute atomic E-state index is 0.247. The number of aromatic carboxylic acids is 1. The molecule has 1 N–H and O–H groups in total. The number of hydrogen-bond donors (Lipinski definition) is 1. The molecular formula is C13H17NO3. The van der Waals surface area contributed by atoms with Gasteiger partial charge in [0.05, 0.1) is 6.61 Å². The van der Waals surface area contributed by atoms with E-state index in [0.29, 0.717) is 12.4 Å². The first-order valence-corrected chi connectivity index (χ1v) is 5.97. The predicted octanol–water partition coefficient (Wildman–Crippen LogP) is 2.38. The van der Waals surface area contributed by atoms with Crippen LogP contribution in [0.5, 0.6) is 5.75 Å². The zero-order chi connectivity index (χ0) is 12.3. The van der Waals surface area contributed by atoms with Crippen molar-refractivity contribution in [2.45, 2.75) is 19.8 Å². The van der Waals surface area contributed by atoms with E-state index in [4.69, 9.17) is 9.84 Å². The standard InChI is InChI=1S/C13H17NO3/c1-2-17-12-6-5-10(9-11(12)13(15)16)14-7-3-4-8-14/h5-6,9H,2-4,7-8H2,1H3,(H,15,16). The summed E-state index contributed by atoms with van der Waals surface area (Å²) in [6, 6.07) is 5.39. The molecule has 0 amide bonds. The molecule has 17 heavy (non-hydrogen) atoms. The maximum Gasteiger partial charge on any atom is 0.339 e. The molecule has 1 saturated heterocycles. The van der Waals surface area contributed by atoms with Crippen molar-refractivity contribution < 1.29 is 14.6 Å². The van der Waals surface area contributed by atoms with Crippen LogP contribution >= 0.6 is 0 Å². The Kier molecular flexibility index (Phi) is 3.52. The number of hydrogen-bond acceptors (Lipinski definition) is 3. The molecule has 0 saturated carbocycles. The Morgan fingerprint density at radius 2 is 2.12 bits per heavy atom. The number of rotatable bonds is 4. The van der Waals surface area contributed by atoms with Gasteiger partial charge in [-0.15, -0.1) is 0 Å². The number of nitrogens with zero attached hydrogens (tertiary/aromatic N) is 1. The van der Waals surface area contributed by atoms with Crippen LogP contribution in [0.4, 0.5) is 5.69 Å². The Balaban J connectivity index is 2.30. The summed E-state index contributed by atoms with van der Waals surface area (Å²) in [5.41, 5.74) is 1.22. The first-order valence-electron chi connectivity index (χ1n) is 5.97. The average molecular weight is 235 g/mol. The second kappa shape index (κ2) is 5.08. The molecule has 92 valence electrons. The van der Waals surface area contributed by atoms with E-state index in [0.717, 1.165) is 18.8 Å². The lowest BCUT2D eigenvalue weighted by molar-refractivity contribution is 0.0692. The van der Waals surface area contributed by atoms with Crippen molar-refractivity contribution in [3.63, 3.8) is 0 Å². The molecule has 4 nitrogen and oxygen atoms in total. The monoisotopic (exact) mass is 235 g/mol. The quantitative estimate of drug-likeness (QED) is 0.870. The molecule has 1 aromatic rings. The summed E-state index contributed by atoms with van der Waals surface area (Å²) in [7, 11) is 0. The van der Waals surface area contributed by atoms with Crippen molar-refractivity contribution in [1.29, 1.82) is 0 Å². The number of carboxylic acid groups (broad SMARTS) is 1. The van der Waals surface area contributed by atoms with Gasteiger partial charge < -0.3 is 14.7 Å². The first-order chi connectivity index (χ1) is 8.22. The summed E-state index contributed by atoms with van der Waals surface area (Å²) >= 11 is 0. The highest BCUT2D eigenvalue weighted by Gasteiger charge is 2.17. The van der Waals surface area contributed by atoms with Crippen molar-refractivity contribution in [1.82, 2.24) is 0 Å². The van der Waals surface area contributed by atoms with Gasteiger partial charge in [0, 0.05) is 18.8 Å². The lowest BCUT2D eigenvalue weighted by atomic mass is 10.1. The number of benzene rings is 1. The fraction of sp³-hybridized carbons (Fsp3) is 0.462. The number of ether oxygens (including phenoxy) is 1. The molecule has 0 aliphatic carbocycles. The third-order valence-electron chi connectivity index (χ3n) is 2.96. The maximum atomic E-state index is 11.2. The van der Waals surface area contributed by atoms with E-state index < -0.39 is 5.97 Å². The summed E-state index contributed by atoms with van der Waals surface area (Å²) in [5, 5.41) is 9.16. The topological polar surface area (TPSA) is 49.8 Å². The van der Waals surface area contributed by atoms with Crippen molar-refractivity contribution >= 4 is 11.7 Å². The van der Waals surface area contributed by atoms with E-state index in [-0.39, 0.29) is 5.56 Å². The zero-order valence-electron chi connectivity index (χ0n) is 9.98. The number of carbonyl (C=O) groups is 1. The summed E-state index contributed by atoms with van der Waals surface area (Å²) < 4.78 is 5.32. The molecule has 0 spiro atoms. The van der Waals surface area contributed by atoms with Gasteiger partial charge in [0.2, 0.25) is 0 Å². The van der Waals surface area contributed by atoms with Crippen LogP contribution in [0.15, 0.2) is 18.2 Å². The molecule has 1 fully saturated rings. The third-order valence-corrected chi connectivity index (χ3v) is 2.96. The first kappa shape index (κ1) is 11.8. The lowest BCUT2D eigenvalue weighted by Gasteiger charge is -2.19. The van der Waals surface area contributed by atoms with Gasteiger partial charge >= 0.3 is 5.97 Å². The van der Waals surface area contributed by atoms with Gasteiger partial charge in [-0.25, -0.2) is 4.79 Å². The van der Waals surface area contributed by atoms with Gasteiger partial charge in [-0.2, -0.15) is 0 Å². The molecule has 1 heterocycles. The van der Waals surface area contributed by atoms with Crippen molar-refractivity contribution in [2.75, 3.05) is 24.6 Å². The molecule has 4 heteroatoms. The molecule has 0 atom stereocenters. The SMILES string of the molecule is CCOc1ccc(N2CCCC2)cc1C(=O)O. The minimum Gasteiger partial charge on any atom is -0.493 e. The molecule has 0 unspecified atom stereocenters. The minimum atomic E-state index is -0.936. The summed E-state index contributed by atoms with van der Waals surface area (Å²) in [4.78, 5) is 13.4. The molecule has 1 aromatic carbocycles. The van der Waals surface area contributed by atoms with Gasteiger partial charge in [0.15, 0.2) is 0 Å². The normalized spacial score (nSPS) is 15.0. The molecule has 1 aliphatic rings. The van der Waals surface area contributed by atoms with Crippen LogP contribution in [0.3, 0.4) is 0 Å². The van der Waals surface area contributed by atoms with E-state index in [1.54, 1.807) is 12.1 Å². The molecule has 0 bridgehead atoms. The summed E-state index contributed by atoms with van der Waals surface area (Å²) in [5.74, 6) is -0.488. The van der Waals surface area contributed by atoms with E-state index in [1.807, 2.05) is 13.0 Å². The van der Waals surface area contributed by atoms with Crippen LogP contribution in [-0.2, 0) is 0 Å². The fourth-order valence-electron chi connectivity index (χ4n) is 2.14. The molecule has 2 rings (SSSR count). The zero-order valence-corrected chi connectivity index (χ0v) is 9.98. The lowest BCUT2D eigenvalue weighted by Crippen LogP contribution is -2.18. The second-order valence-electron chi connectivity index (χ2n) is 4.11. The maximum absolute atomic E-state index is 11.2. The molecule has 0 aromatic heterocycles. The Morgan fingerprint density at radius 1 is 1.41 bits per heavy atom. The van der Waals surface area contributed by atoms with E-state index in [2.05, 4.69) is 4.90 Å². The highest BCUT2D eigenvalue weighted by molar-refractivity contribution is 5.92. The molecular weight excluding hydrogens is 218 g/mol. The summed E-state index contributed by atoms with van der Waals surface area (Å²) in [6.45, 7) is 4.34. The Bertz CT molecular complexity index is 411. The third kappa shape index (κ3) is 2.52. The van der Waals surface area contributed by atoms with Gasteiger partial charge in [-0.1, -0.05) is 0 Å². The number of anilines is 1. The van der Waals surface area contributed by atoms with Gasteiger partial charge in [-0.05, 0) is 38.0 Å². The van der Waals surface area contributed by atoms with Gasteiger partial charge in [-0.3, -0.25) is 0 Å². The van der Waals surface area contributed by atoms with Gasteiger partial charge in [0.1, 0.15) is 11.3 Å². The number of carboxylic acids is 1. The van der Waals surface area contributed by atoms with Crippen LogP contribution in [0.1, 0.15) is 30.1 Å². The summed E-state index contributed by atoms with van der Waals surface area (Å²) in [6.07, 6.45) is 2.35. The molecule has 1 aliphatic heterocycles.